The molecule has 1 aliphatic heterocycles. The van der Waals surface area contributed by atoms with Gasteiger partial charge in [0.25, 0.3) is 0 Å². The van der Waals surface area contributed by atoms with Gasteiger partial charge < -0.3 is 10.6 Å². The summed E-state index contributed by atoms with van der Waals surface area (Å²) in [4.78, 5) is 15.5. The number of likely N-dealkylation sites (tertiary alicyclic amines) is 1. The van der Waals surface area contributed by atoms with Gasteiger partial charge in [0.2, 0.25) is 5.91 Å². The Morgan fingerprint density at radius 3 is 2.61 bits per heavy atom. The summed E-state index contributed by atoms with van der Waals surface area (Å²) in [6.07, 6.45) is 2.08. The molecule has 1 saturated heterocycles. The third kappa shape index (κ3) is 2.93. The van der Waals surface area contributed by atoms with Crippen molar-refractivity contribution >= 4 is 17.2 Å². The molecule has 1 aromatic rings. The zero-order valence-electron chi connectivity index (χ0n) is 11.1. The molecule has 0 spiro atoms. The first-order valence-electron chi connectivity index (χ1n) is 6.67. The Morgan fingerprint density at radius 1 is 1.44 bits per heavy atom. The summed E-state index contributed by atoms with van der Waals surface area (Å²) in [5, 5.41) is 2.03. The van der Waals surface area contributed by atoms with E-state index in [4.69, 9.17) is 5.73 Å². The highest BCUT2D eigenvalue weighted by Gasteiger charge is 2.28. The number of carbonyl (C=O) groups excluding carboxylic acids is 1. The minimum atomic E-state index is -0.00292. The first-order valence-corrected chi connectivity index (χ1v) is 7.55. The fourth-order valence-electron chi connectivity index (χ4n) is 2.58. The zero-order chi connectivity index (χ0) is 13.1. The largest absolute Gasteiger partial charge is 0.342 e. The molecule has 2 unspecified atom stereocenters. The highest BCUT2D eigenvalue weighted by Crippen LogP contribution is 2.26. The second-order valence-electron chi connectivity index (χ2n) is 5.26. The number of piperidine rings is 1. The molecule has 1 aliphatic rings. The lowest BCUT2D eigenvalue weighted by molar-refractivity contribution is -0.133. The van der Waals surface area contributed by atoms with E-state index >= 15 is 0 Å². The number of thiophene rings is 1. The van der Waals surface area contributed by atoms with Crippen molar-refractivity contribution in [2.45, 2.75) is 38.6 Å². The van der Waals surface area contributed by atoms with Gasteiger partial charge >= 0.3 is 0 Å². The first kappa shape index (κ1) is 13.6. The van der Waals surface area contributed by atoms with Crippen molar-refractivity contribution in [2.75, 3.05) is 13.1 Å². The molecule has 3 nitrogen and oxygen atoms in total. The molecular weight excluding hydrogens is 244 g/mol. The molecule has 1 amide bonds. The second-order valence-corrected chi connectivity index (χ2v) is 6.24. The molecule has 100 valence electrons. The molecular formula is C14H22N2OS. The van der Waals surface area contributed by atoms with Crippen molar-refractivity contribution in [3.63, 3.8) is 0 Å². The molecule has 0 radical (unpaired) electrons. The Bertz CT molecular complexity index is 381. The van der Waals surface area contributed by atoms with Gasteiger partial charge in [0.15, 0.2) is 0 Å². The summed E-state index contributed by atoms with van der Waals surface area (Å²) in [6.45, 7) is 5.80. The van der Waals surface area contributed by atoms with Crippen LogP contribution in [0.4, 0.5) is 0 Å². The predicted octanol–water partition coefficient (Wildman–Crippen LogP) is 2.44. The highest BCUT2D eigenvalue weighted by molar-refractivity contribution is 7.10. The number of hydrogen-bond acceptors (Lipinski definition) is 3. The van der Waals surface area contributed by atoms with Gasteiger partial charge in [0.1, 0.15) is 0 Å². The van der Waals surface area contributed by atoms with Gasteiger partial charge in [0, 0.05) is 24.0 Å². The number of nitrogens with zero attached hydrogens (tertiary/aromatic N) is 1. The lowest BCUT2D eigenvalue weighted by Crippen LogP contribution is -2.43. The highest BCUT2D eigenvalue weighted by atomic mass is 32.1. The standard InChI is InChI=1S/C14H22N2OS/c1-10(13-4-3-9-18-13)14(17)16-7-5-12(6-8-16)11(2)15/h3-4,9-12H,5-8,15H2,1-2H3. The molecule has 0 bridgehead atoms. The van der Waals surface area contributed by atoms with Gasteiger partial charge in [-0.3, -0.25) is 4.79 Å². The van der Waals surface area contributed by atoms with Gasteiger partial charge in [-0.25, -0.2) is 0 Å². The molecule has 2 rings (SSSR count). The summed E-state index contributed by atoms with van der Waals surface area (Å²) >= 11 is 1.66. The number of carbonyl (C=O) groups is 1. The molecule has 18 heavy (non-hydrogen) atoms. The minimum absolute atomic E-state index is 0.00292. The average Bonchev–Trinajstić information content (AvgIpc) is 2.91. The number of rotatable bonds is 3. The van der Waals surface area contributed by atoms with Crippen LogP contribution in [-0.2, 0) is 4.79 Å². The molecule has 0 aromatic carbocycles. The van der Waals surface area contributed by atoms with E-state index in [1.165, 1.54) is 0 Å². The van der Waals surface area contributed by atoms with Gasteiger partial charge in [-0.1, -0.05) is 6.07 Å². The van der Waals surface area contributed by atoms with Crippen molar-refractivity contribution in [1.29, 1.82) is 0 Å². The Hall–Kier alpha value is -0.870. The van der Waals surface area contributed by atoms with Crippen molar-refractivity contribution in [3.05, 3.63) is 22.4 Å². The summed E-state index contributed by atoms with van der Waals surface area (Å²) < 4.78 is 0. The fraction of sp³-hybridized carbons (Fsp3) is 0.643. The monoisotopic (exact) mass is 266 g/mol. The van der Waals surface area contributed by atoms with Crippen molar-refractivity contribution in [2.24, 2.45) is 11.7 Å². The quantitative estimate of drug-likeness (QED) is 0.913. The van der Waals surface area contributed by atoms with Crippen LogP contribution in [0.2, 0.25) is 0 Å². The number of hydrogen-bond donors (Lipinski definition) is 1. The van der Waals surface area contributed by atoms with Crippen LogP contribution in [0, 0.1) is 5.92 Å². The molecule has 0 saturated carbocycles. The Balaban J connectivity index is 1.91. The van der Waals surface area contributed by atoms with Crippen LogP contribution in [0.3, 0.4) is 0 Å². The number of amides is 1. The van der Waals surface area contributed by atoms with Crippen LogP contribution in [-0.4, -0.2) is 29.9 Å². The predicted molar refractivity (Wildman–Crippen MR) is 75.7 cm³/mol. The third-order valence-corrected chi connectivity index (χ3v) is 4.99. The maximum absolute atomic E-state index is 12.4. The molecule has 2 N–H and O–H groups in total. The summed E-state index contributed by atoms with van der Waals surface area (Å²) in [7, 11) is 0. The smallest absolute Gasteiger partial charge is 0.230 e. The van der Waals surface area contributed by atoms with Crippen molar-refractivity contribution in [3.8, 4) is 0 Å². The van der Waals surface area contributed by atoms with Gasteiger partial charge in [-0.15, -0.1) is 11.3 Å². The Morgan fingerprint density at radius 2 is 2.11 bits per heavy atom. The molecule has 4 heteroatoms. The van der Waals surface area contributed by atoms with Crippen LogP contribution < -0.4 is 5.73 Å². The maximum atomic E-state index is 12.4. The minimum Gasteiger partial charge on any atom is -0.342 e. The van der Waals surface area contributed by atoms with Crippen LogP contribution in [0.1, 0.15) is 37.5 Å². The topological polar surface area (TPSA) is 46.3 Å². The Labute approximate surface area is 113 Å². The fourth-order valence-corrected chi connectivity index (χ4v) is 3.36. The first-order chi connectivity index (χ1) is 8.59. The second kappa shape index (κ2) is 5.85. The van der Waals surface area contributed by atoms with Crippen molar-refractivity contribution in [1.82, 2.24) is 4.90 Å². The lowest BCUT2D eigenvalue weighted by Gasteiger charge is -2.35. The van der Waals surface area contributed by atoms with Crippen LogP contribution in [0.15, 0.2) is 17.5 Å². The van der Waals surface area contributed by atoms with Crippen LogP contribution in [0.25, 0.3) is 0 Å². The normalized spacial score (nSPS) is 20.7. The van der Waals surface area contributed by atoms with Crippen LogP contribution in [0.5, 0.6) is 0 Å². The average molecular weight is 266 g/mol. The van der Waals surface area contributed by atoms with E-state index in [9.17, 15) is 4.79 Å². The van der Waals surface area contributed by atoms with E-state index in [2.05, 4.69) is 6.92 Å². The van der Waals surface area contributed by atoms with Gasteiger partial charge in [-0.05, 0) is 44.1 Å². The van der Waals surface area contributed by atoms with Gasteiger partial charge in [0.05, 0.1) is 5.92 Å². The van der Waals surface area contributed by atoms with E-state index in [1.807, 2.05) is 29.3 Å². The van der Waals surface area contributed by atoms with E-state index in [-0.39, 0.29) is 17.9 Å². The molecule has 1 fully saturated rings. The van der Waals surface area contributed by atoms with Crippen molar-refractivity contribution < 1.29 is 4.79 Å². The molecule has 1 aromatic heterocycles. The lowest BCUT2D eigenvalue weighted by atomic mass is 9.90. The zero-order valence-corrected chi connectivity index (χ0v) is 12.0. The van der Waals surface area contributed by atoms with Gasteiger partial charge in [-0.2, -0.15) is 0 Å². The Kier molecular flexibility index (Phi) is 4.40. The van der Waals surface area contributed by atoms with E-state index in [0.29, 0.717) is 5.92 Å². The molecule has 2 heterocycles. The SMILES string of the molecule is CC(C(=O)N1CCC(C(C)N)CC1)c1cccs1. The van der Waals surface area contributed by atoms with E-state index in [1.54, 1.807) is 11.3 Å². The summed E-state index contributed by atoms with van der Waals surface area (Å²) in [6, 6.07) is 4.30. The van der Waals surface area contributed by atoms with Crippen LogP contribution >= 0.6 is 11.3 Å². The summed E-state index contributed by atoms with van der Waals surface area (Å²) in [5.74, 6) is 0.837. The van der Waals surface area contributed by atoms with E-state index < -0.39 is 0 Å². The van der Waals surface area contributed by atoms with E-state index in [0.717, 1.165) is 30.8 Å². The molecule has 0 aliphatic carbocycles. The maximum Gasteiger partial charge on any atom is 0.230 e. The third-order valence-electron chi connectivity index (χ3n) is 3.94. The molecule has 2 atom stereocenters. The summed E-state index contributed by atoms with van der Waals surface area (Å²) in [5.41, 5.74) is 5.92. The number of nitrogens with two attached hydrogens (primary N) is 1.